The first-order valence-electron chi connectivity index (χ1n) is 5.07. The van der Waals surface area contributed by atoms with Crippen LogP contribution in [0, 0.1) is 0 Å². The molecule has 5 nitrogen and oxygen atoms in total. The van der Waals surface area contributed by atoms with E-state index in [9.17, 15) is 0 Å². The van der Waals surface area contributed by atoms with Crippen molar-refractivity contribution in [3.8, 4) is 5.75 Å². The van der Waals surface area contributed by atoms with Gasteiger partial charge in [-0.3, -0.25) is 5.10 Å². The van der Waals surface area contributed by atoms with Crippen molar-refractivity contribution in [1.29, 1.82) is 0 Å². The number of benzene rings is 1. The van der Waals surface area contributed by atoms with E-state index in [1.807, 2.05) is 24.3 Å². The Morgan fingerprint density at radius 3 is 2.94 bits per heavy atom. The van der Waals surface area contributed by atoms with E-state index in [2.05, 4.69) is 20.5 Å². The second-order valence-electron chi connectivity index (χ2n) is 3.35. The third-order valence-electron chi connectivity index (χ3n) is 2.27. The topological polar surface area (TPSA) is 62.8 Å². The van der Waals surface area contributed by atoms with Gasteiger partial charge in [-0.15, -0.1) is 0 Å². The highest BCUT2D eigenvalue weighted by Crippen LogP contribution is 2.16. The number of methoxy groups -OCH3 is 1. The van der Waals surface area contributed by atoms with Crippen molar-refractivity contribution in [1.82, 2.24) is 20.5 Å². The van der Waals surface area contributed by atoms with E-state index in [1.165, 1.54) is 6.33 Å². The van der Waals surface area contributed by atoms with E-state index in [0.29, 0.717) is 6.54 Å². The predicted molar refractivity (Wildman–Crippen MR) is 59.9 cm³/mol. The molecule has 0 atom stereocenters. The Morgan fingerprint density at radius 1 is 1.31 bits per heavy atom. The molecule has 0 fully saturated rings. The molecule has 0 aliphatic carbocycles. The van der Waals surface area contributed by atoms with Crippen LogP contribution in [-0.2, 0) is 13.1 Å². The van der Waals surface area contributed by atoms with Gasteiger partial charge < -0.3 is 10.1 Å². The van der Waals surface area contributed by atoms with Gasteiger partial charge in [0.2, 0.25) is 0 Å². The number of H-pyrrole nitrogens is 1. The maximum atomic E-state index is 5.26. The molecule has 0 radical (unpaired) electrons. The van der Waals surface area contributed by atoms with E-state index >= 15 is 0 Å². The smallest absolute Gasteiger partial charge is 0.138 e. The number of aromatic amines is 1. The molecular formula is C11H14N4O. The van der Waals surface area contributed by atoms with Crippen LogP contribution in [0.1, 0.15) is 11.4 Å². The van der Waals surface area contributed by atoms with Crippen molar-refractivity contribution in [2.75, 3.05) is 7.11 Å². The second kappa shape index (κ2) is 5.27. The van der Waals surface area contributed by atoms with Gasteiger partial charge in [-0.05, 0) is 6.07 Å². The van der Waals surface area contributed by atoms with Crippen LogP contribution in [0.4, 0.5) is 0 Å². The fourth-order valence-corrected chi connectivity index (χ4v) is 1.48. The molecule has 0 unspecified atom stereocenters. The number of aromatic nitrogens is 3. The molecule has 0 aliphatic rings. The Kier molecular flexibility index (Phi) is 3.50. The van der Waals surface area contributed by atoms with Crippen LogP contribution in [0.15, 0.2) is 30.6 Å². The normalized spacial score (nSPS) is 10.3. The minimum Gasteiger partial charge on any atom is -0.496 e. The average molecular weight is 218 g/mol. The zero-order valence-corrected chi connectivity index (χ0v) is 9.10. The van der Waals surface area contributed by atoms with Crippen molar-refractivity contribution in [3.05, 3.63) is 42.0 Å². The van der Waals surface area contributed by atoms with Crippen molar-refractivity contribution in [2.24, 2.45) is 0 Å². The zero-order valence-electron chi connectivity index (χ0n) is 9.10. The summed E-state index contributed by atoms with van der Waals surface area (Å²) in [4.78, 5) is 4.03. The van der Waals surface area contributed by atoms with Crippen LogP contribution in [0.3, 0.4) is 0 Å². The summed E-state index contributed by atoms with van der Waals surface area (Å²) in [6, 6.07) is 7.93. The number of para-hydroxylation sites is 1. The molecule has 0 saturated heterocycles. The highest BCUT2D eigenvalue weighted by molar-refractivity contribution is 5.32. The van der Waals surface area contributed by atoms with E-state index < -0.39 is 0 Å². The predicted octanol–water partition coefficient (Wildman–Crippen LogP) is 1.10. The maximum absolute atomic E-state index is 5.26. The maximum Gasteiger partial charge on any atom is 0.138 e. The van der Waals surface area contributed by atoms with E-state index in [0.717, 1.165) is 23.7 Å². The van der Waals surface area contributed by atoms with Crippen molar-refractivity contribution >= 4 is 0 Å². The van der Waals surface area contributed by atoms with Crippen molar-refractivity contribution in [3.63, 3.8) is 0 Å². The Balaban J connectivity index is 1.89. The van der Waals surface area contributed by atoms with Crippen LogP contribution in [0.2, 0.25) is 0 Å². The lowest BCUT2D eigenvalue weighted by Crippen LogP contribution is -2.14. The molecule has 1 aromatic heterocycles. The number of hydrogen-bond donors (Lipinski definition) is 2. The summed E-state index contributed by atoms with van der Waals surface area (Å²) in [6.45, 7) is 1.41. The molecule has 0 amide bonds. The average Bonchev–Trinajstić information content (AvgIpc) is 2.83. The SMILES string of the molecule is COc1ccccc1CNCc1ncn[nH]1. The van der Waals surface area contributed by atoms with Crippen LogP contribution in [-0.4, -0.2) is 22.3 Å². The van der Waals surface area contributed by atoms with E-state index in [4.69, 9.17) is 4.74 Å². The first-order chi connectivity index (χ1) is 7.90. The lowest BCUT2D eigenvalue weighted by Gasteiger charge is -2.08. The molecule has 1 aromatic carbocycles. The Morgan fingerprint density at radius 2 is 2.19 bits per heavy atom. The van der Waals surface area contributed by atoms with Crippen LogP contribution in [0.5, 0.6) is 5.75 Å². The molecule has 0 spiro atoms. The summed E-state index contributed by atoms with van der Waals surface area (Å²) in [5.74, 6) is 1.72. The van der Waals surface area contributed by atoms with Gasteiger partial charge in [-0.1, -0.05) is 18.2 Å². The Bertz CT molecular complexity index is 427. The summed E-state index contributed by atoms with van der Waals surface area (Å²) >= 11 is 0. The van der Waals surface area contributed by atoms with Crippen LogP contribution < -0.4 is 10.1 Å². The molecule has 0 saturated carbocycles. The summed E-state index contributed by atoms with van der Waals surface area (Å²) in [7, 11) is 1.68. The molecule has 5 heteroatoms. The third-order valence-corrected chi connectivity index (χ3v) is 2.27. The second-order valence-corrected chi connectivity index (χ2v) is 3.35. The lowest BCUT2D eigenvalue weighted by molar-refractivity contribution is 0.407. The van der Waals surface area contributed by atoms with Crippen molar-refractivity contribution in [2.45, 2.75) is 13.1 Å². The molecule has 84 valence electrons. The molecule has 0 bridgehead atoms. The standard InChI is InChI=1S/C11H14N4O/c1-16-10-5-3-2-4-9(10)6-12-7-11-13-8-14-15-11/h2-5,8,12H,6-7H2,1H3,(H,13,14,15). The van der Waals surface area contributed by atoms with Gasteiger partial charge in [-0.25, -0.2) is 4.98 Å². The number of ether oxygens (including phenoxy) is 1. The van der Waals surface area contributed by atoms with Gasteiger partial charge >= 0.3 is 0 Å². The van der Waals surface area contributed by atoms with E-state index in [-0.39, 0.29) is 0 Å². The van der Waals surface area contributed by atoms with Crippen molar-refractivity contribution < 1.29 is 4.74 Å². The van der Waals surface area contributed by atoms with Gasteiger partial charge in [0, 0.05) is 12.1 Å². The first kappa shape index (κ1) is 10.6. The summed E-state index contributed by atoms with van der Waals surface area (Å²) < 4.78 is 5.26. The molecular weight excluding hydrogens is 204 g/mol. The van der Waals surface area contributed by atoms with Gasteiger partial charge in [0.05, 0.1) is 13.7 Å². The Hall–Kier alpha value is -1.88. The van der Waals surface area contributed by atoms with E-state index in [1.54, 1.807) is 7.11 Å². The molecule has 2 N–H and O–H groups in total. The largest absolute Gasteiger partial charge is 0.496 e. The molecule has 1 heterocycles. The number of nitrogens with one attached hydrogen (secondary N) is 2. The van der Waals surface area contributed by atoms with Gasteiger partial charge in [0.15, 0.2) is 0 Å². The van der Waals surface area contributed by atoms with Gasteiger partial charge in [0.25, 0.3) is 0 Å². The minimum atomic E-state index is 0.665. The number of nitrogens with zero attached hydrogens (tertiary/aromatic N) is 2. The Labute approximate surface area is 93.9 Å². The fraction of sp³-hybridized carbons (Fsp3) is 0.273. The van der Waals surface area contributed by atoms with Crippen LogP contribution in [0.25, 0.3) is 0 Å². The summed E-state index contributed by atoms with van der Waals surface area (Å²) in [5.41, 5.74) is 1.13. The molecule has 0 aliphatic heterocycles. The fourth-order valence-electron chi connectivity index (χ4n) is 1.48. The monoisotopic (exact) mass is 218 g/mol. The molecule has 2 rings (SSSR count). The van der Waals surface area contributed by atoms with Crippen LogP contribution >= 0.6 is 0 Å². The van der Waals surface area contributed by atoms with Gasteiger partial charge in [-0.2, -0.15) is 5.10 Å². The highest BCUT2D eigenvalue weighted by atomic mass is 16.5. The first-order valence-corrected chi connectivity index (χ1v) is 5.07. The minimum absolute atomic E-state index is 0.665. The highest BCUT2D eigenvalue weighted by Gasteiger charge is 2.01. The van der Waals surface area contributed by atoms with Gasteiger partial charge in [0.1, 0.15) is 17.9 Å². The quantitative estimate of drug-likeness (QED) is 0.789. The number of rotatable bonds is 5. The zero-order chi connectivity index (χ0) is 11.2. The third kappa shape index (κ3) is 2.58. The lowest BCUT2D eigenvalue weighted by atomic mass is 10.2. The number of hydrogen-bond acceptors (Lipinski definition) is 4. The molecule has 2 aromatic rings. The summed E-state index contributed by atoms with van der Waals surface area (Å²) in [5, 5.41) is 9.84. The summed E-state index contributed by atoms with van der Waals surface area (Å²) in [6.07, 6.45) is 1.50. The molecule has 16 heavy (non-hydrogen) atoms.